The number of benzene rings is 1. The number of amides is 1. The lowest BCUT2D eigenvalue weighted by molar-refractivity contribution is 0.101. The molecule has 158 valence electrons. The first-order valence-corrected chi connectivity index (χ1v) is 10.3. The number of nitriles is 1. The average molecular weight is 436 g/mol. The molecule has 0 saturated carbocycles. The van der Waals surface area contributed by atoms with Crippen molar-refractivity contribution >= 4 is 21.6 Å². The molecule has 1 aromatic heterocycles. The smallest absolute Gasteiger partial charge is 0.276 e. The number of anilines is 1. The van der Waals surface area contributed by atoms with Gasteiger partial charge in [-0.05, 0) is 37.1 Å². The maximum atomic E-state index is 12.9. The second-order valence-corrected chi connectivity index (χ2v) is 8.42. The van der Waals surface area contributed by atoms with Gasteiger partial charge in [-0.2, -0.15) is 14.0 Å². The maximum Gasteiger partial charge on any atom is 0.276 e. The van der Waals surface area contributed by atoms with Crippen molar-refractivity contribution in [1.29, 1.82) is 5.26 Å². The highest BCUT2D eigenvalue weighted by molar-refractivity contribution is 7.89. The maximum absolute atomic E-state index is 12.9. The summed E-state index contributed by atoms with van der Waals surface area (Å²) in [4.78, 5) is 12.6. The van der Waals surface area contributed by atoms with Gasteiger partial charge in [-0.15, -0.1) is 0 Å². The zero-order valence-electron chi connectivity index (χ0n) is 16.1. The largest absolute Gasteiger partial charge is 0.488 e. The van der Waals surface area contributed by atoms with Gasteiger partial charge in [0.1, 0.15) is 11.5 Å². The Labute approximate surface area is 171 Å². The van der Waals surface area contributed by atoms with E-state index in [1.165, 1.54) is 23.9 Å². The number of aryl methyl sites for hydroxylation is 2. The number of rotatable bonds is 4. The molecule has 8 nitrogen and oxygen atoms in total. The Morgan fingerprint density at radius 1 is 1.47 bits per heavy atom. The van der Waals surface area contributed by atoms with Crippen LogP contribution < -0.4 is 14.8 Å². The number of hydrogen-bond donors (Lipinski definition) is 2. The Hall–Kier alpha value is -3.23. The Balaban J connectivity index is 1.93. The number of halogens is 2. The van der Waals surface area contributed by atoms with Crippen LogP contribution in [0.2, 0.25) is 0 Å². The molecule has 0 radical (unpaired) electrons. The third-order valence-corrected chi connectivity index (χ3v) is 6.04. The van der Waals surface area contributed by atoms with Crippen molar-refractivity contribution in [2.45, 2.75) is 24.3 Å². The summed E-state index contributed by atoms with van der Waals surface area (Å²) in [7, 11) is -2.61. The van der Waals surface area contributed by atoms with Crippen LogP contribution in [0.4, 0.5) is 14.5 Å². The molecule has 2 heterocycles. The van der Waals surface area contributed by atoms with E-state index in [9.17, 15) is 22.0 Å². The van der Waals surface area contributed by atoms with Gasteiger partial charge in [0.05, 0.1) is 17.7 Å². The number of aromatic nitrogens is 1. The van der Waals surface area contributed by atoms with Gasteiger partial charge in [0.15, 0.2) is 11.4 Å². The van der Waals surface area contributed by atoms with Gasteiger partial charge < -0.3 is 14.6 Å². The third-order valence-electron chi connectivity index (χ3n) is 4.53. The molecule has 1 aliphatic rings. The normalized spacial score (nSPS) is 17.1. The number of fused-ring (bicyclic) bond motifs is 1. The van der Waals surface area contributed by atoms with E-state index in [4.69, 9.17) is 10.00 Å². The van der Waals surface area contributed by atoms with Crippen molar-refractivity contribution in [2.75, 3.05) is 11.9 Å². The molecule has 3 rings (SSSR count). The van der Waals surface area contributed by atoms with Crippen LogP contribution in [0.5, 0.6) is 5.75 Å². The van der Waals surface area contributed by atoms with E-state index >= 15 is 0 Å². The van der Waals surface area contributed by atoms with Crippen molar-refractivity contribution in [1.82, 2.24) is 9.29 Å². The summed E-state index contributed by atoms with van der Waals surface area (Å²) in [5.74, 6) is -0.808. The number of ether oxygens (including phenoxy) is 1. The van der Waals surface area contributed by atoms with E-state index in [0.29, 0.717) is 17.3 Å². The van der Waals surface area contributed by atoms with Gasteiger partial charge >= 0.3 is 0 Å². The zero-order chi connectivity index (χ0) is 22.1. The van der Waals surface area contributed by atoms with E-state index in [-0.39, 0.29) is 29.4 Å². The van der Waals surface area contributed by atoms with Gasteiger partial charge in [-0.25, -0.2) is 13.1 Å². The number of carbonyl (C=O) groups excluding carboxylic acids is 1. The first-order valence-electron chi connectivity index (χ1n) is 8.80. The molecular formula is C19H18F2N4O4S. The first-order chi connectivity index (χ1) is 14.1. The molecule has 0 bridgehead atoms. The van der Waals surface area contributed by atoms with Crippen molar-refractivity contribution in [2.24, 2.45) is 7.05 Å². The van der Waals surface area contributed by atoms with Crippen molar-refractivity contribution in [3.8, 4) is 11.8 Å². The molecule has 0 saturated heterocycles. The minimum atomic E-state index is -4.09. The van der Waals surface area contributed by atoms with E-state index in [0.717, 1.165) is 5.56 Å². The second kappa shape index (κ2) is 8.25. The fourth-order valence-electron chi connectivity index (χ4n) is 3.03. The van der Waals surface area contributed by atoms with Crippen LogP contribution in [0.1, 0.15) is 28.0 Å². The molecule has 0 spiro atoms. The highest BCUT2D eigenvalue weighted by atomic mass is 32.2. The van der Waals surface area contributed by atoms with E-state index < -0.39 is 28.1 Å². The van der Waals surface area contributed by atoms with Crippen molar-refractivity contribution in [3.05, 3.63) is 53.4 Å². The molecule has 0 unspecified atom stereocenters. The Kier molecular flexibility index (Phi) is 5.91. The van der Waals surface area contributed by atoms with Crippen LogP contribution in [0.25, 0.3) is 0 Å². The molecule has 11 heteroatoms. The van der Waals surface area contributed by atoms with Crippen LogP contribution >= 0.6 is 0 Å². The summed E-state index contributed by atoms with van der Waals surface area (Å²) in [6, 6.07) is 5.89. The van der Waals surface area contributed by atoms with E-state index in [1.54, 1.807) is 19.1 Å². The molecule has 0 aliphatic carbocycles. The highest BCUT2D eigenvalue weighted by Gasteiger charge is 2.34. The second-order valence-electron chi connectivity index (χ2n) is 6.74. The molecule has 1 amide bonds. The van der Waals surface area contributed by atoms with Crippen LogP contribution in [-0.2, 0) is 17.1 Å². The number of carbonyl (C=O) groups is 1. The fraction of sp³-hybridized carbons (Fsp3) is 0.263. The Morgan fingerprint density at radius 2 is 2.20 bits per heavy atom. The SMILES string of the molecule is Cc1ccc(NC(=O)c2c3c(cn2C)S(=O)(=O)N[C@H](CC=C(F)F)CO3)cc1C#N. The topological polar surface area (TPSA) is 113 Å². The van der Waals surface area contributed by atoms with Gasteiger partial charge in [0, 0.05) is 18.9 Å². The minimum Gasteiger partial charge on any atom is -0.488 e. The lowest BCUT2D eigenvalue weighted by atomic mass is 10.1. The lowest BCUT2D eigenvalue weighted by Crippen LogP contribution is -2.36. The van der Waals surface area contributed by atoms with Crippen LogP contribution in [0.15, 0.2) is 41.4 Å². The number of sulfonamides is 1. The summed E-state index contributed by atoms with van der Waals surface area (Å²) in [6.07, 6.45) is -0.368. The van der Waals surface area contributed by atoms with Crippen LogP contribution in [-0.4, -0.2) is 31.5 Å². The van der Waals surface area contributed by atoms with Crippen molar-refractivity contribution in [3.63, 3.8) is 0 Å². The quantitative estimate of drug-likeness (QED) is 0.765. The van der Waals surface area contributed by atoms with Gasteiger partial charge in [-0.3, -0.25) is 4.79 Å². The molecule has 0 fully saturated rings. The molecule has 1 atom stereocenters. The number of hydrogen-bond acceptors (Lipinski definition) is 5. The summed E-state index contributed by atoms with van der Waals surface area (Å²) in [5, 5.41) is 11.8. The predicted molar refractivity (Wildman–Crippen MR) is 104 cm³/mol. The van der Waals surface area contributed by atoms with Gasteiger partial charge in [-0.1, -0.05) is 6.07 Å². The van der Waals surface area contributed by atoms with E-state index in [1.807, 2.05) is 6.07 Å². The lowest BCUT2D eigenvalue weighted by Gasteiger charge is -2.14. The number of nitrogens with zero attached hydrogens (tertiary/aromatic N) is 2. The molecule has 2 N–H and O–H groups in total. The highest BCUT2D eigenvalue weighted by Crippen LogP contribution is 2.33. The van der Waals surface area contributed by atoms with E-state index in [2.05, 4.69) is 10.0 Å². The van der Waals surface area contributed by atoms with Crippen LogP contribution in [0, 0.1) is 18.3 Å². The zero-order valence-corrected chi connectivity index (χ0v) is 16.9. The summed E-state index contributed by atoms with van der Waals surface area (Å²) in [5.41, 5.74) is 1.43. The molecule has 1 aliphatic heterocycles. The van der Waals surface area contributed by atoms with Crippen LogP contribution in [0.3, 0.4) is 0 Å². The van der Waals surface area contributed by atoms with Crippen molar-refractivity contribution < 1.29 is 26.7 Å². The summed E-state index contributed by atoms with van der Waals surface area (Å²) in [6.45, 7) is 1.52. The third kappa shape index (κ3) is 4.34. The fourth-order valence-corrected chi connectivity index (χ4v) is 4.46. The molecule has 2 aromatic rings. The number of nitrogens with one attached hydrogen (secondary N) is 2. The minimum absolute atomic E-state index is 0.0534. The first kappa shape index (κ1) is 21.5. The average Bonchev–Trinajstić information content (AvgIpc) is 2.96. The monoisotopic (exact) mass is 436 g/mol. The molecule has 1 aromatic carbocycles. The predicted octanol–water partition coefficient (Wildman–Crippen LogP) is 2.67. The Morgan fingerprint density at radius 3 is 2.87 bits per heavy atom. The van der Waals surface area contributed by atoms with Gasteiger partial charge in [0.2, 0.25) is 10.0 Å². The van der Waals surface area contributed by atoms with Gasteiger partial charge in [0.25, 0.3) is 12.0 Å². The standard InChI is InChI=1S/C19H18F2N4O4S/c1-11-3-4-13(7-12(11)8-22)23-19(26)17-18-15(9-25(17)2)30(27,28)24-14(10-29-18)5-6-16(20)21/h3-4,6-7,9,14,24H,5,10H2,1-2H3,(H,23,26)/t14-/m1/s1. The summed E-state index contributed by atoms with van der Waals surface area (Å²) >= 11 is 0. The Bertz CT molecular complexity index is 1180. The molecular weight excluding hydrogens is 418 g/mol. The summed E-state index contributed by atoms with van der Waals surface area (Å²) < 4.78 is 59.2. The molecule has 30 heavy (non-hydrogen) atoms.